The predicted molar refractivity (Wildman–Crippen MR) is 90.5 cm³/mol. The van der Waals surface area contributed by atoms with Crippen LogP contribution in [0.1, 0.15) is 10.4 Å². The van der Waals surface area contributed by atoms with Gasteiger partial charge in [0, 0.05) is 23.8 Å². The van der Waals surface area contributed by atoms with Gasteiger partial charge in [0.15, 0.2) is 0 Å². The van der Waals surface area contributed by atoms with Crippen molar-refractivity contribution in [2.45, 2.75) is 0 Å². The number of nitrogens with zero attached hydrogens (tertiary/aromatic N) is 2. The van der Waals surface area contributed by atoms with Gasteiger partial charge in [-0.2, -0.15) is 0 Å². The summed E-state index contributed by atoms with van der Waals surface area (Å²) >= 11 is 3.35. The Labute approximate surface area is 142 Å². The van der Waals surface area contributed by atoms with Crippen LogP contribution in [0.25, 0.3) is 0 Å². The average Bonchev–Trinajstić information content (AvgIpc) is 2.56. The Kier molecular flexibility index (Phi) is 5.70. The van der Waals surface area contributed by atoms with Gasteiger partial charge in [0.05, 0.1) is 24.9 Å². The number of carbonyl (C=O) groups is 2. The molecule has 0 saturated heterocycles. The second kappa shape index (κ2) is 7.73. The first-order valence-corrected chi connectivity index (χ1v) is 7.60. The Morgan fingerprint density at radius 2 is 2.00 bits per heavy atom. The van der Waals surface area contributed by atoms with Gasteiger partial charge in [-0.05, 0) is 34.1 Å². The molecule has 1 heterocycles. The predicted octanol–water partition coefficient (Wildman–Crippen LogP) is 2.56. The van der Waals surface area contributed by atoms with E-state index in [2.05, 4.69) is 26.2 Å². The van der Waals surface area contributed by atoms with E-state index in [0.717, 1.165) is 4.47 Å². The van der Waals surface area contributed by atoms with Gasteiger partial charge in [-0.1, -0.05) is 12.1 Å². The molecule has 0 fully saturated rings. The molecule has 0 aliphatic heterocycles. The van der Waals surface area contributed by atoms with Crippen LogP contribution in [0.2, 0.25) is 0 Å². The zero-order valence-corrected chi connectivity index (χ0v) is 14.3. The van der Waals surface area contributed by atoms with Crippen molar-refractivity contribution in [1.82, 2.24) is 9.88 Å². The highest BCUT2D eigenvalue weighted by Gasteiger charge is 2.16. The summed E-state index contributed by atoms with van der Waals surface area (Å²) in [5.41, 5.74) is 1.05. The van der Waals surface area contributed by atoms with Crippen LogP contribution in [0, 0.1) is 0 Å². The van der Waals surface area contributed by atoms with Gasteiger partial charge in [-0.15, -0.1) is 0 Å². The van der Waals surface area contributed by atoms with Crippen LogP contribution in [0.4, 0.5) is 5.69 Å². The van der Waals surface area contributed by atoms with Crippen molar-refractivity contribution in [3.8, 4) is 5.88 Å². The standard InChI is InChI=1S/C16H16BrN3O3/c1-20(16(22)11-7-8-15(23-2)18-9-11)10-14(21)19-13-6-4-3-5-12(13)17/h3-9H,10H2,1-2H3,(H,19,21). The Balaban J connectivity index is 1.97. The van der Waals surface area contributed by atoms with E-state index >= 15 is 0 Å². The van der Waals surface area contributed by atoms with Crippen molar-refractivity contribution in [2.24, 2.45) is 0 Å². The van der Waals surface area contributed by atoms with Crippen molar-refractivity contribution >= 4 is 33.4 Å². The molecule has 6 nitrogen and oxygen atoms in total. The molecule has 2 aromatic rings. The first-order valence-electron chi connectivity index (χ1n) is 6.81. The lowest BCUT2D eigenvalue weighted by Crippen LogP contribution is -2.35. The van der Waals surface area contributed by atoms with Gasteiger partial charge < -0.3 is 15.0 Å². The third-order valence-corrected chi connectivity index (χ3v) is 3.76. The molecule has 1 aromatic heterocycles. The number of amides is 2. The van der Waals surface area contributed by atoms with E-state index in [1.807, 2.05) is 18.2 Å². The quantitative estimate of drug-likeness (QED) is 0.868. The fourth-order valence-electron chi connectivity index (χ4n) is 1.89. The lowest BCUT2D eigenvalue weighted by atomic mass is 10.2. The minimum atomic E-state index is -0.289. The fourth-order valence-corrected chi connectivity index (χ4v) is 2.27. The fraction of sp³-hybridized carbons (Fsp3) is 0.188. The molecule has 0 aliphatic rings. The number of hydrogen-bond acceptors (Lipinski definition) is 4. The lowest BCUT2D eigenvalue weighted by molar-refractivity contribution is -0.116. The number of ether oxygens (including phenoxy) is 1. The Morgan fingerprint density at radius 3 is 2.61 bits per heavy atom. The summed E-state index contributed by atoms with van der Waals surface area (Å²) in [6.07, 6.45) is 1.42. The van der Waals surface area contributed by atoms with E-state index in [0.29, 0.717) is 17.1 Å². The lowest BCUT2D eigenvalue weighted by Gasteiger charge is -2.17. The zero-order valence-electron chi connectivity index (χ0n) is 12.7. The highest BCUT2D eigenvalue weighted by atomic mass is 79.9. The first kappa shape index (κ1) is 17.0. The molecule has 2 rings (SSSR count). The highest BCUT2D eigenvalue weighted by molar-refractivity contribution is 9.10. The number of carbonyl (C=O) groups excluding carboxylic acids is 2. The van der Waals surface area contributed by atoms with Gasteiger partial charge in [0.2, 0.25) is 11.8 Å². The number of methoxy groups -OCH3 is 1. The maximum absolute atomic E-state index is 12.3. The van der Waals surface area contributed by atoms with E-state index in [9.17, 15) is 9.59 Å². The summed E-state index contributed by atoms with van der Waals surface area (Å²) in [7, 11) is 3.06. The van der Waals surface area contributed by atoms with Crippen LogP contribution in [0.15, 0.2) is 47.1 Å². The molecule has 120 valence electrons. The Bertz CT molecular complexity index is 704. The zero-order chi connectivity index (χ0) is 16.8. The van der Waals surface area contributed by atoms with Crippen molar-refractivity contribution in [1.29, 1.82) is 0 Å². The minimum Gasteiger partial charge on any atom is -0.481 e. The second-order valence-corrected chi connectivity index (χ2v) is 5.63. The van der Waals surface area contributed by atoms with Gasteiger partial charge in [0.1, 0.15) is 0 Å². The SMILES string of the molecule is COc1ccc(C(=O)N(C)CC(=O)Nc2ccccc2Br)cn1. The third kappa shape index (κ3) is 4.53. The van der Waals surface area contributed by atoms with Crippen molar-refractivity contribution in [3.63, 3.8) is 0 Å². The Hall–Kier alpha value is -2.41. The van der Waals surface area contributed by atoms with Crippen LogP contribution in [0.3, 0.4) is 0 Å². The number of rotatable bonds is 5. The molecule has 0 unspecified atom stereocenters. The molecular weight excluding hydrogens is 362 g/mol. The number of para-hydroxylation sites is 1. The van der Waals surface area contributed by atoms with E-state index in [1.165, 1.54) is 18.2 Å². The summed E-state index contributed by atoms with van der Waals surface area (Å²) in [6.45, 7) is -0.0633. The monoisotopic (exact) mass is 377 g/mol. The highest BCUT2D eigenvalue weighted by Crippen LogP contribution is 2.21. The van der Waals surface area contributed by atoms with Gasteiger partial charge in [-0.3, -0.25) is 9.59 Å². The number of halogens is 1. The number of likely N-dealkylation sites (N-methyl/N-ethyl adjacent to an activating group) is 1. The number of anilines is 1. The van der Waals surface area contributed by atoms with Crippen molar-refractivity contribution in [3.05, 3.63) is 52.6 Å². The van der Waals surface area contributed by atoms with Crippen molar-refractivity contribution in [2.75, 3.05) is 26.0 Å². The number of nitrogens with one attached hydrogen (secondary N) is 1. The minimum absolute atomic E-state index is 0.0633. The number of hydrogen-bond donors (Lipinski definition) is 1. The molecular formula is C16H16BrN3O3. The van der Waals surface area contributed by atoms with E-state index < -0.39 is 0 Å². The topological polar surface area (TPSA) is 71.5 Å². The summed E-state index contributed by atoms with van der Waals surface area (Å²) in [5, 5.41) is 2.75. The van der Waals surface area contributed by atoms with Gasteiger partial charge >= 0.3 is 0 Å². The molecule has 1 aromatic carbocycles. The van der Waals surface area contributed by atoms with Gasteiger partial charge in [-0.25, -0.2) is 4.98 Å². The van der Waals surface area contributed by atoms with Crippen LogP contribution in [0.5, 0.6) is 5.88 Å². The number of benzene rings is 1. The molecule has 0 aliphatic carbocycles. The van der Waals surface area contributed by atoms with Crippen molar-refractivity contribution < 1.29 is 14.3 Å². The smallest absolute Gasteiger partial charge is 0.255 e. The molecule has 0 atom stereocenters. The second-order valence-electron chi connectivity index (χ2n) is 4.78. The molecule has 2 amide bonds. The normalized spacial score (nSPS) is 10.0. The first-order chi connectivity index (χ1) is 11.0. The van der Waals surface area contributed by atoms with Crippen LogP contribution >= 0.6 is 15.9 Å². The van der Waals surface area contributed by atoms with Crippen LogP contribution in [-0.2, 0) is 4.79 Å². The molecule has 7 heteroatoms. The number of pyridine rings is 1. The number of aromatic nitrogens is 1. The van der Waals surface area contributed by atoms with E-state index in [1.54, 1.807) is 25.2 Å². The summed E-state index contributed by atoms with van der Waals surface area (Å²) < 4.78 is 5.73. The molecule has 0 bridgehead atoms. The molecule has 23 heavy (non-hydrogen) atoms. The summed E-state index contributed by atoms with van der Waals surface area (Å²) in [4.78, 5) is 29.6. The van der Waals surface area contributed by atoms with Crippen LogP contribution in [-0.4, -0.2) is 42.4 Å². The summed E-state index contributed by atoms with van der Waals surface area (Å²) in [6, 6.07) is 10.5. The Morgan fingerprint density at radius 1 is 1.26 bits per heavy atom. The average molecular weight is 378 g/mol. The maximum atomic E-state index is 12.3. The van der Waals surface area contributed by atoms with E-state index in [-0.39, 0.29) is 18.4 Å². The molecule has 0 spiro atoms. The largest absolute Gasteiger partial charge is 0.481 e. The van der Waals surface area contributed by atoms with Crippen LogP contribution < -0.4 is 10.1 Å². The third-order valence-electron chi connectivity index (χ3n) is 3.07. The molecule has 0 radical (unpaired) electrons. The van der Waals surface area contributed by atoms with Gasteiger partial charge in [0.25, 0.3) is 5.91 Å². The molecule has 0 saturated carbocycles. The summed E-state index contributed by atoms with van der Waals surface area (Å²) in [5.74, 6) is -0.146. The molecule has 1 N–H and O–H groups in total. The maximum Gasteiger partial charge on any atom is 0.255 e. The van der Waals surface area contributed by atoms with E-state index in [4.69, 9.17) is 4.74 Å².